The summed E-state index contributed by atoms with van der Waals surface area (Å²) in [5.74, 6) is -0.0456. The number of hydrogen-bond donors (Lipinski definition) is 2. The van der Waals surface area contributed by atoms with Crippen LogP contribution in [0, 0.1) is 13.8 Å². The highest BCUT2D eigenvalue weighted by molar-refractivity contribution is 7.80. The molecule has 5 rings (SSSR count). The average molecular weight is 496 g/mol. The largest absolute Gasteiger partial charge is 0.352 e. The van der Waals surface area contributed by atoms with E-state index in [-0.39, 0.29) is 18.0 Å². The lowest BCUT2D eigenvalue weighted by molar-refractivity contribution is -0.116. The summed E-state index contributed by atoms with van der Waals surface area (Å²) in [7, 11) is 0. The quantitative estimate of drug-likeness (QED) is 0.332. The summed E-state index contributed by atoms with van der Waals surface area (Å²) in [6.07, 6.45) is 4.18. The van der Waals surface area contributed by atoms with Crippen molar-refractivity contribution in [2.75, 3.05) is 11.9 Å². The first-order valence-corrected chi connectivity index (χ1v) is 12.5. The third-order valence-corrected chi connectivity index (χ3v) is 6.83. The van der Waals surface area contributed by atoms with Crippen molar-refractivity contribution in [1.82, 2.24) is 19.8 Å². The minimum atomic E-state index is -0.141. The van der Waals surface area contributed by atoms with Gasteiger partial charge in [-0.3, -0.25) is 9.78 Å². The van der Waals surface area contributed by atoms with Gasteiger partial charge in [-0.2, -0.15) is 0 Å². The number of carbonyl (C=O) groups excluding carboxylic acids is 1. The second-order valence-corrected chi connectivity index (χ2v) is 9.51. The number of thiocarbonyl (C=S) groups is 1. The van der Waals surface area contributed by atoms with Crippen LogP contribution < -0.4 is 10.6 Å². The molecule has 2 aromatic heterocycles. The molecule has 36 heavy (non-hydrogen) atoms. The molecule has 6 nitrogen and oxygen atoms in total. The zero-order valence-corrected chi connectivity index (χ0v) is 21.2. The van der Waals surface area contributed by atoms with Crippen LogP contribution in [0.4, 0.5) is 5.69 Å². The molecule has 7 heteroatoms. The van der Waals surface area contributed by atoms with Crippen LogP contribution >= 0.6 is 12.2 Å². The summed E-state index contributed by atoms with van der Waals surface area (Å²) in [6.45, 7) is 4.60. The van der Waals surface area contributed by atoms with Crippen LogP contribution in [0.5, 0.6) is 0 Å². The summed E-state index contributed by atoms with van der Waals surface area (Å²) < 4.78 is 2.20. The van der Waals surface area contributed by atoms with E-state index in [1.165, 1.54) is 5.56 Å². The molecular weight excluding hydrogens is 466 g/mol. The number of rotatable bonds is 7. The van der Waals surface area contributed by atoms with Gasteiger partial charge in [-0.15, -0.1) is 0 Å². The molecule has 0 radical (unpaired) electrons. The fourth-order valence-corrected chi connectivity index (χ4v) is 5.03. The van der Waals surface area contributed by atoms with Gasteiger partial charge in [0, 0.05) is 42.4 Å². The van der Waals surface area contributed by atoms with Crippen molar-refractivity contribution < 1.29 is 4.79 Å². The van der Waals surface area contributed by atoms with Gasteiger partial charge in [0.2, 0.25) is 5.91 Å². The lowest BCUT2D eigenvalue weighted by Crippen LogP contribution is -2.33. The van der Waals surface area contributed by atoms with Gasteiger partial charge >= 0.3 is 0 Å². The van der Waals surface area contributed by atoms with Gasteiger partial charge in [0.15, 0.2) is 5.11 Å². The minimum Gasteiger partial charge on any atom is -0.352 e. The molecule has 0 unspecified atom stereocenters. The van der Waals surface area contributed by atoms with E-state index in [0.717, 1.165) is 28.3 Å². The van der Waals surface area contributed by atoms with Crippen molar-refractivity contribution in [3.63, 3.8) is 0 Å². The average Bonchev–Trinajstić information content (AvgIpc) is 3.49. The molecule has 4 aromatic rings. The predicted octanol–water partition coefficient (Wildman–Crippen LogP) is 5.49. The van der Waals surface area contributed by atoms with Crippen LogP contribution in [-0.2, 0) is 4.79 Å². The van der Waals surface area contributed by atoms with Crippen LogP contribution in [0.1, 0.15) is 41.0 Å². The predicted molar refractivity (Wildman–Crippen MR) is 147 cm³/mol. The molecule has 182 valence electrons. The molecule has 2 N–H and O–H groups in total. The number of nitrogens with zero attached hydrogens (tertiary/aromatic N) is 3. The highest BCUT2D eigenvalue weighted by Gasteiger charge is 2.41. The molecular formula is C29H29N5OS. The molecule has 1 aliphatic heterocycles. The first-order chi connectivity index (χ1) is 17.5. The molecule has 1 fully saturated rings. The molecule has 0 bridgehead atoms. The molecule has 2 atom stereocenters. The Morgan fingerprint density at radius 1 is 1.00 bits per heavy atom. The monoisotopic (exact) mass is 495 g/mol. The third-order valence-electron chi connectivity index (χ3n) is 6.48. The Morgan fingerprint density at radius 3 is 2.58 bits per heavy atom. The SMILES string of the molecule is Cc1ccc(NC(=O)CCN2C(=S)N[C@H](c3ccccn3)[C@H]2c2cccn2-c2cccc(C)c2)cc1. The number of hydrogen-bond acceptors (Lipinski definition) is 3. The van der Waals surface area contributed by atoms with Gasteiger partial charge in [-0.25, -0.2) is 0 Å². The van der Waals surface area contributed by atoms with E-state index in [4.69, 9.17) is 12.2 Å². The van der Waals surface area contributed by atoms with Gasteiger partial charge < -0.3 is 20.1 Å². The smallest absolute Gasteiger partial charge is 0.226 e. The fourth-order valence-electron chi connectivity index (χ4n) is 4.70. The molecule has 1 saturated heterocycles. The maximum Gasteiger partial charge on any atom is 0.226 e. The summed E-state index contributed by atoms with van der Waals surface area (Å²) in [5.41, 5.74) is 6.23. The summed E-state index contributed by atoms with van der Waals surface area (Å²) in [6, 6.07) is 26.1. The number of aromatic nitrogens is 2. The Kier molecular flexibility index (Phi) is 6.82. The molecule has 2 aromatic carbocycles. The molecule has 1 amide bonds. The van der Waals surface area contributed by atoms with Crippen molar-refractivity contribution in [2.24, 2.45) is 0 Å². The Bertz CT molecular complexity index is 1370. The Labute approximate surface area is 217 Å². The van der Waals surface area contributed by atoms with E-state index < -0.39 is 0 Å². The Morgan fingerprint density at radius 2 is 1.83 bits per heavy atom. The molecule has 1 aliphatic rings. The highest BCUT2D eigenvalue weighted by Crippen LogP contribution is 2.39. The van der Waals surface area contributed by atoms with E-state index in [9.17, 15) is 4.79 Å². The summed E-state index contributed by atoms with van der Waals surface area (Å²) in [5, 5.41) is 7.10. The lowest BCUT2D eigenvalue weighted by Gasteiger charge is -2.29. The maximum absolute atomic E-state index is 12.8. The van der Waals surface area contributed by atoms with Gasteiger partial charge in [0.25, 0.3) is 0 Å². The fraction of sp³-hybridized carbons (Fsp3) is 0.207. The van der Waals surface area contributed by atoms with Crippen molar-refractivity contribution in [3.8, 4) is 5.69 Å². The van der Waals surface area contributed by atoms with Crippen LogP contribution in [0.15, 0.2) is 91.3 Å². The van der Waals surface area contributed by atoms with Gasteiger partial charge in [0.05, 0.1) is 17.8 Å². The van der Waals surface area contributed by atoms with Crippen LogP contribution in [0.2, 0.25) is 0 Å². The molecule has 0 spiro atoms. The number of amides is 1. The topological polar surface area (TPSA) is 62.2 Å². The molecule has 0 saturated carbocycles. The van der Waals surface area contributed by atoms with E-state index in [1.54, 1.807) is 6.20 Å². The van der Waals surface area contributed by atoms with Gasteiger partial charge in [0.1, 0.15) is 0 Å². The number of nitrogens with one attached hydrogen (secondary N) is 2. The highest BCUT2D eigenvalue weighted by atomic mass is 32.1. The van der Waals surface area contributed by atoms with Crippen molar-refractivity contribution in [1.29, 1.82) is 0 Å². The number of aryl methyl sites for hydroxylation is 2. The van der Waals surface area contributed by atoms with E-state index in [0.29, 0.717) is 18.1 Å². The Balaban J connectivity index is 1.44. The van der Waals surface area contributed by atoms with E-state index in [1.807, 2.05) is 49.4 Å². The Hall–Kier alpha value is -3.97. The van der Waals surface area contributed by atoms with Crippen molar-refractivity contribution >= 4 is 28.9 Å². The second-order valence-electron chi connectivity index (χ2n) is 9.13. The van der Waals surface area contributed by atoms with Gasteiger partial charge in [-0.1, -0.05) is 35.9 Å². The molecule has 0 aliphatic carbocycles. The van der Waals surface area contributed by atoms with Crippen molar-refractivity contribution in [3.05, 3.63) is 114 Å². The number of pyridine rings is 1. The summed E-state index contributed by atoms with van der Waals surface area (Å²) >= 11 is 5.79. The van der Waals surface area contributed by atoms with Crippen LogP contribution in [0.25, 0.3) is 5.69 Å². The van der Waals surface area contributed by atoms with Crippen LogP contribution in [-0.4, -0.2) is 32.0 Å². The standard InChI is InChI=1S/C29H29N5OS/c1-20-11-13-22(14-12-20)31-26(35)15-18-34-28(27(32-29(34)36)24-9-3-4-16-30-24)25-10-6-17-33(25)23-8-5-7-21(2)19-23/h3-14,16-17,19,27-28H,15,18H2,1-2H3,(H,31,35)(H,32,36)/t27-,28-/m1/s1. The zero-order valence-electron chi connectivity index (χ0n) is 20.4. The van der Waals surface area contributed by atoms with Crippen molar-refractivity contribution in [2.45, 2.75) is 32.4 Å². The van der Waals surface area contributed by atoms with E-state index >= 15 is 0 Å². The summed E-state index contributed by atoms with van der Waals surface area (Å²) in [4.78, 5) is 19.6. The van der Waals surface area contributed by atoms with Gasteiger partial charge in [-0.05, 0) is 80.2 Å². The maximum atomic E-state index is 12.8. The van der Waals surface area contributed by atoms with Crippen LogP contribution in [0.3, 0.4) is 0 Å². The minimum absolute atomic E-state index is 0.0456. The number of carbonyl (C=O) groups is 1. The number of anilines is 1. The zero-order chi connectivity index (χ0) is 25.1. The third kappa shape index (κ3) is 5.02. The first kappa shape index (κ1) is 23.8. The number of benzene rings is 2. The second kappa shape index (κ2) is 10.3. The normalized spacial score (nSPS) is 17.2. The van der Waals surface area contributed by atoms with E-state index in [2.05, 4.69) is 74.6 Å². The molecule has 3 heterocycles. The lowest BCUT2D eigenvalue weighted by atomic mass is 10.0. The first-order valence-electron chi connectivity index (χ1n) is 12.1.